The van der Waals surface area contributed by atoms with Crippen molar-refractivity contribution in [3.63, 3.8) is 0 Å². The van der Waals surface area contributed by atoms with Gasteiger partial charge in [0.15, 0.2) is 0 Å². The molecule has 0 aromatic carbocycles. The van der Waals surface area contributed by atoms with Crippen molar-refractivity contribution in [2.45, 2.75) is 0 Å². The molecule has 71 valence electrons. The third kappa shape index (κ3) is 2.49. The molecule has 0 saturated heterocycles. The second kappa shape index (κ2) is 4.83. The van der Waals surface area contributed by atoms with Crippen LogP contribution in [0, 0.1) is 0 Å². The third-order valence-electron chi connectivity index (χ3n) is 1.88. The van der Waals surface area contributed by atoms with Crippen LogP contribution in [-0.2, 0) is 0 Å². The Morgan fingerprint density at radius 1 is 1.40 bits per heavy atom. The van der Waals surface area contributed by atoms with Gasteiger partial charge < -0.3 is 9.67 Å². The van der Waals surface area contributed by atoms with Gasteiger partial charge in [-0.25, -0.2) is 4.79 Å². The van der Waals surface area contributed by atoms with E-state index in [0.29, 0.717) is 0 Å². The van der Waals surface area contributed by atoms with Gasteiger partial charge in [0.05, 0.1) is 17.4 Å². The maximum absolute atomic E-state index is 10.6. The maximum atomic E-state index is 10.6. The fourth-order valence-electron chi connectivity index (χ4n) is 1.19. The van der Waals surface area contributed by atoms with E-state index in [2.05, 4.69) is 4.98 Å². The Labute approximate surface area is 98.7 Å². The van der Waals surface area contributed by atoms with E-state index >= 15 is 0 Å². The minimum atomic E-state index is -0.923. The number of carbonyl (C=O) groups is 1. The second-order valence-corrected chi connectivity index (χ2v) is 2.82. The molecule has 0 bridgehead atoms. The van der Waals surface area contributed by atoms with Crippen molar-refractivity contribution in [3.8, 4) is 5.69 Å². The molecule has 4 nitrogen and oxygen atoms in total. The van der Waals surface area contributed by atoms with Crippen molar-refractivity contribution in [2.75, 3.05) is 0 Å². The summed E-state index contributed by atoms with van der Waals surface area (Å²) in [6, 6.07) is 5.21. The quantitative estimate of drug-likeness (QED) is 0.732. The van der Waals surface area contributed by atoms with Crippen LogP contribution >= 0.6 is 0 Å². The first-order valence-corrected chi connectivity index (χ1v) is 4.09. The first-order valence-electron chi connectivity index (χ1n) is 4.09. The van der Waals surface area contributed by atoms with E-state index in [1.165, 1.54) is 0 Å². The van der Waals surface area contributed by atoms with E-state index in [-0.39, 0.29) is 24.4 Å². The topological polar surface area (TPSA) is 55.1 Å². The molecule has 2 aromatic heterocycles. The molecule has 0 aliphatic carbocycles. The zero-order chi connectivity index (χ0) is 9.97. The first kappa shape index (κ1) is 11.6. The van der Waals surface area contributed by atoms with Crippen LogP contribution in [0.3, 0.4) is 0 Å². The van der Waals surface area contributed by atoms with Gasteiger partial charge in [-0.15, -0.1) is 0 Å². The number of carboxylic acids is 1. The van der Waals surface area contributed by atoms with Gasteiger partial charge in [0.2, 0.25) is 0 Å². The molecule has 0 fully saturated rings. The summed E-state index contributed by atoms with van der Waals surface area (Å²) < 4.78 is 1.72. The Morgan fingerprint density at radius 2 is 2.20 bits per heavy atom. The number of rotatable bonds is 2. The summed E-state index contributed by atoms with van der Waals surface area (Å²) in [7, 11) is 0. The number of aromatic nitrogens is 2. The van der Waals surface area contributed by atoms with Gasteiger partial charge in [0.25, 0.3) is 0 Å². The number of aromatic carboxylic acids is 1. The van der Waals surface area contributed by atoms with Crippen molar-refractivity contribution in [1.29, 1.82) is 0 Å². The summed E-state index contributed by atoms with van der Waals surface area (Å²) in [6.45, 7) is 0. The molecule has 0 unspecified atom stereocenters. The first-order chi connectivity index (χ1) is 6.77. The van der Waals surface area contributed by atoms with E-state index in [4.69, 9.17) is 5.11 Å². The van der Waals surface area contributed by atoms with Crippen molar-refractivity contribution >= 4 is 24.8 Å². The second-order valence-electron chi connectivity index (χ2n) is 2.82. The molecule has 2 aromatic rings. The summed E-state index contributed by atoms with van der Waals surface area (Å²) in [5, 5.41) is 8.72. The van der Waals surface area contributed by atoms with Gasteiger partial charge >= 0.3 is 5.97 Å². The van der Waals surface area contributed by atoms with Crippen LogP contribution in [0.5, 0.6) is 0 Å². The zero-order valence-electron chi connectivity index (χ0n) is 8.29. The van der Waals surface area contributed by atoms with E-state index in [0.717, 1.165) is 5.69 Å². The molecule has 0 amide bonds. The number of carboxylic acid groups (broad SMARTS) is 1. The van der Waals surface area contributed by atoms with Crippen LogP contribution < -0.4 is 0 Å². The molecule has 5 heteroatoms. The smallest absolute Gasteiger partial charge is 0.337 e. The van der Waals surface area contributed by atoms with Crippen molar-refractivity contribution in [2.24, 2.45) is 0 Å². The molecule has 2 rings (SSSR count). The minimum absolute atomic E-state index is 0. The van der Waals surface area contributed by atoms with Gasteiger partial charge in [0.1, 0.15) is 0 Å². The van der Waals surface area contributed by atoms with Gasteiger partial charge in [-0.05, 0) is 18.2 Å². The van der Waals surface area contributed by atoms with Crippen molar-refractivity contribution in [1.82, 2.24) is 9.55 Å². The normalized spacial score (nSPS) is 9.33. The Bertz CT molecular complexity index is 453. The Kier molecular flexibility index (Phi) is 3.72. The van der Waals surface area contributed by atoms with Crippen LogP contribution in [0.2, 0.25) is 0 Å². The molecule has 15 heavy (non-hydrogen) atoms. The van der Waals surface area contributed by atoms with Crippen LogP contribution in [0.15, 0.2) is 43.0 Å². The summed E-state index contributed by atoms with van der Waals surface area (Å²) in [5.74, 6) is -0.923. The molecule has 0 aliphatic heterocycles. The molecule has 0 aliphatic rings. The summed E-state index contributed by atoms with van der Waals surface area (Å²) in [6.07, 6.45) is 6.59. The average Bonchev–Trinajstić information content (AvgIpc) is 2.68. The number of pyridine rings is 1. The monoisotopic (exact) mass is 195 g/mol. The van der Waals surface area contributed by atoms with Gasteiger partial charge in [-0.1, -0.05) is 0 Å². The molecular formula is C10H8LiN2O2. The molecule has 1 N–H and O–H groups in total. The predicted molar refractivity (Wildman–Crippen MR) is 56.3 cm³/mol. The SMILES string of the molecule is O=C(O)c1ccn(-c2cccnc2)c1.[Li]. The van der Waals surface area contributed by atoms with Crippen molar-refractivity contribution in [3.05, 3.63) is 48.5 Å². The van der Waals surface area contributed by atoms with Crippen LogP contribution in [0.1, 0.15) is 10.4 Å². The summed E-state index contributed by atoms with van der Waals surface area (Å²) in [5.41, 5.74) is 1.12. The third-order valence-corrected chi connectivity index (χ3v) is 1.88. The molecule has 2 heterocycles. The molecule has 0 atom stereocenters. The summed E-state index contributed by atoms with van der Waals surface area (Å²) in [4.78, 5) is 14.6. The Hall–Kier alpha value is -1.50. The zero-order valence-corrected chi connectivity index (χ0v) is 8.29. The fraction of sp³-hybridized carbons (Fsp3) is 0. The van der Waals surface area contributed by atoms with E-state index < -0.39 is 5.97 Å². The minimum Gasteiger partial charge on any atom is -0.478 e. The average molecular weight is 195 g/mol. The molecule has 1 radical (unpaired) electrons. The molecule has 0 spiro atoms. The van der Waals surface area contributed by atoms with E-state index in [1.54, 1.807) is 41.5 Å². The Morgan fingerprint density at radius 3 is 2.73 bits per heavy atom. The fourth-order valence-corrected chi connectivity index (χ4v) is 1.19. The van der Waals surface area contributed by atoms with Crippen molar-refractivity contribution < 1.29 is 9.90 Å². The van der Waals surface area contributed by atoms with Gasteiger partial charge in [-0.2, -0.15) is 0 Å². The number of nitrogens with zero attached hydrogens (tertiary/aromatic N) is 2. The molecular weight excluding hydrogens is 187 g/mol. The largest absolute Gasteiger partial charge is 0.478 e. The van der Waals surface area contributed by atoms with Gasteiger partial charge in [0, 0.05) is 37.5 Å². The molecule has 0 saturated carbocycles. The maximum Gasteiger partial charge on any atom is 0.337 e. The van der Waals surface area contributed by atoms with E-state index in [9.17, 15) is 4.79 Å². The number of hydrogen-bond acceptors (Lipinski definition) is 2. The number of hydrogen-bond donors (Lipinski definition) is 1. The predicted octanol–water partition coefficient (Wildman–Crippen LogP) is 1.19. The van der Waals surface area contributed by atoms with Crippen LogP contribution in [-0.4, -0.2) is 39.5 Å². The standard InChI is InChI=1S/C10H8N2O2.Li/c13-10(14)8-3-5-12(7-8)9-2-1-4-11-6-9;/h1-7H,(H,13,14);. The van der Waals surface area contributed by atoms with Crippen LogP contribution in [0.25, 0.3) is 5.69 Å². The van der Waals surface area contributed by atoms with E-state index in [1.807, 2.05) is 6.07 Å². The van der Waals surface area contributed by atoms with Gasteiger partial charge in [-0.3, -0.25) is 4.98 Å². The Balaban J connectivity index is 0.00000112. The van der Waals surface area contributed by atoms with Crippen LogP contribution in [0.4, 0.5) is 0 Å². The summed E-state index contributed by atoms with van der Waals surface area (Å²) >= 11 is 0.